The Bertz CT molecular complexity index is 1220. The molecule has 7 nitrogen and oxygen atoms in total. The van der Waals surface area contributed by atoms with Gasteiger partial charge in [0.05, 0.1) is 18.3 Å². The summed E-state index contributed by atoms with van der Waals surface area (Å²) < 4.78 is 6.16. The van der Waals surface area contributed by atoms with Gasteiger partial charge in [-0.25, -0.2) is 10.2 Å². The monoisotopic (exact) mass is 547 g/mol. The molecule has 0 aromatic heterocycles. The molecule has 0 saturated carbocycles. The smallest absolute Gasteiger partial charge is 0.343 e. The zero-order valence-electron chi connectivity index (χ0n) is 16.8. The van der Waals surface area contributed by atoms with Crippen LogP contribution in [0.1, 0.15) is 26.3 Å². The van der Waals surface area contributed by atoms with Gasteiger partial charge in [0.1, 0.15) is 5.75 Å². The molecule has 0 aliphatic rings. The van der Waals surface area contributed by atoms with Gasteiger partial charge >= 0.3 is 5.97 Å². The molecule has 2 amide bonds. The van der Waals surface area contributed by atoms with Crippen molar-refractivity contribution in [3.63, 3.8) is 0 Å². The number of nitrogens with zero attached hydrogens (tertiary/aromatic N) is 1. The first-order valence-corrected chi connectivity index (χ1v) is 11.0. The fourth-order valence-electron chi connectivity index (χ4n) is 2.56. The van der Waals surface area contributed by atoms with E-state index < -0.39 is 17.8 Å². The molecule has 0 radical (unpaired) electrons. The summed E-state index contributed by atoms with van der Waals surface area (Å²) in [6.45, 7) is -0.292. The van der Waals surface area contributed by atoms with Gasteiger partial charge in [0, 0.05) is 25.6 Å². The average molecular weight is 549 g/mol. The second kappa shape index (κ2) is 11.6. The van der Waals surface area contributed by atoms with E-state index in [1.54, 1.807) is 60.7 Å². The lowest BCUT2D eigenvalue weighted by molar-refractivity contribution is -0.120. The molecule has 0 aliphatic heterocycles. The quantitative estimate of drug-likeness (QED) is 0.191. The van der Waals surface area contributed by atoms with Crippen LogP contribution in [0.4, 0.5) is 0 Å². The number of amides is 2. The molecule has 3 aromatic rings. The summed E-state index contributed by atoms with van der Waals surface area (Å²) in [5.41, 5.74) is 3.41. The lowest BCUT2D eigenvalue weighted by atomic mass is 10.2. The Kier molecular flexibility index (Phi) is 8.59. The molecule has 0 saturated heterocycles. The van der Waals surface area contributed by atoms with Gasteiger partial charge in [0.25, 0.3) is 11.8 Å². The number of hydrogen-bond acceptors (Lipinski definition) is 5. The summed E-state index contributed by atoms with van der Waals surface area (Å²) in [4.78, 5) is 36.5. The lowest BCUT2D eigenvalue weighted by Crippen LogP contribution is -2.34. The Labute approximate surface area is 207 Å². The van der Waals surface area contributed by atoms with E-state index in [4.69, 9.17) is 27.9 Å². The van der Waals surface area contributed by atoms with Crippen LogP contribution in [0.5, 0.6) is 5.75 Å². The van der Waals surface area contributed by atoms with Crippen molar-refractivity contribution in [2.24, 2.45) is 5.10 Å². The highest BCUT2D eigenvalue weighted by atomic mass is 79.9. The number of esters is 1. The Morgan fingerprint density at radius 3 is 2.42 bits per heavy atom. The number of ether oxygens (including phenoxy) is 1. The minimum absolute atomic E-state index is 0.241. The van der Waals surface area contributed by atoms with Crippen LogP contribution >= 0.6 is 39.1 Å². The molecule has 0 aliphatic carbocycles. The molecule has 0 heterocycles. The number of benzene rings is 3. The fraction of sp³-hybridized carbons (Fsp3) is 0.0435. The van der Waals surface area contributed by atoms with Crippen LogP contribution in [0.25, 0.3) is 0 Å². The number of halogens is 3. The molecule has 0 unspecified atom stereocenters. The molecular formula is C23H16BrCl2N3O4. The van der Waals surface area contributed by atoms with Gasteiger partial charge in [0.2, 0.25) is 0 Å². The van der Waals surface area contributed by atoms with Gasteiger partial charge in [-0.3, -0.25) is 9.59 Å². The molecule has 168 valence electrons. The fourth-order valence-corrected chi connectivity index (χ4v) is 3.26. The van der Waals surface area contributed by atoms with Gasteiger partial charge < -0.3 is 10.1 Å². The normalized spacial score (nSPS) is 10.6. The van der Waals surface area contributed by atoms with Crippen LogP contribution in [0, 0.1) is 0 Å². The van der Waals surface area contributed by atoms with Crippen LogP contribution in [0.2, 0.25) is 10.0 Å². The van der Waals surface area contributed by atoms with Gasteiger partial charge in [-0.05, 0) is 60.7 Å². The summed E-state index contributed by atoms with van der Waals surface area (Å²) in [5, 5.41) is 7.26. The van der Waals surface area contributed by atoms with E-state index in [0.717, 1.165) is 4.47 Å². The maximum atomic E-state index is 12.4. The van der Waals surface area contributed by atoms with Crippen molar-refractivity contribution in [1.29, 1.82) is 0 Å². The largest absolute Gasteiger partial charge is 0.422 e. The molecule has 0 atom stereocenters. The van der Waals surface area contributed by atoms with E-state index >= 15 is 0 Å². The van der Waals surface area contributed by atoms with Crippen LogP contribution in [0.15, 0.2) is 76.3 Å². The number of rotatable bonds is 7. The average Bonchev–Trinajstić information content (AvgIpc) is 2.79. The van der Waals surface area contributed by atoms with Crippen molar-refractivity contribution in [3.05, 3.63) is 97.9 Å². The second-order valence-corrected chi connectivity index (χ2v) is 8.35. The van der Waals surface area contributed by atoms with Crippen molar-refractivity contribution in [2.45, 2.75) is 0 Å². The maximum Gasteiger partial charge on any atom is 0.343 e. The lowest BCUT2D eigenvalue weighted by Gasteiger charge is -2.08. The van der Waals surface area contributed by atoms with E-state index in [9.17, 15) is 14.4 Å². The van der Waals surface area contributed by atoms with E-state index in [-0.39, 0.29) is 12.3 Å². The van der Waals surface area contributed by atoms with E-state index in [2.05, 4.69) is 31.8 Å². The third-order valence-corrected chi connectivity index (χ3v) is 5.12. The summed E-state index contributed by atoms with van der Waals surface area (Å²) in [5.74, 6) is -1.32. The van der Waals surface area contributed by atoms with Gasteiger partial charge in [0.15, 0.2) is 0 Å². The second-order valence-electron chi connectivity index (χ2n) is 6.56. The Hall–Kier alpha value is -3.20. The first-order valence-electron chi connectivity index (χ1n) is 9.45. The number of nitrogens with one attached hydrogen (secondary N) is 2. The standard InChI is InChI=1S/C23H16BrCl2N3O4/c24-17-6-9-20(33-23(32)14-4-7-18(25)8-5-14)16(10-17)12-28-29-21(30)13-27-22(31)15-2-1-3-19(26)11-15/h1-12H,13H2,(H,27,31)(H,29,30)/b28-12-. The number of carbonyl (C=O) groups excluding carboxylic acids is 3. The molecule has 0 spiro atoms. The first-order chi connectivity index (χ1) is 15.8. The van der Waals surface area contributed by atoms with Crippen LogP contribution in [-0.4, -0.2) is 30.5 Å². The molecular weight excluding hydrogens is 533 g/mol. The molecule has 0 bridgehead atoms. The van der Waals surface area contributed by atoms with Gasteiger partial charge in [-0.15, -0.1) is 0 Å². The minimum atomic E-state index is -0.573. The summed E-state index contributed by atoms with van der Waals surface area (Å²) in [6, 6.07) is 17.6. The van der Waals surface area contributed by atoms with Crippen LogP contribution < -0.4 is 15.5 Å². The summed E-state index contributed by atoms with van der Waals surface area (Å²) in [7, 11) is 0. The third kappa shape index (κ3) is 7.42. The number of hydrazone groups is 1. The zero-order valence-corrected chi connectivity index (χ0v) is 19.9. The molecule has 2 N–H and O–H groups in total. The van der Waals surface area contributed by atoms with Crippen LogP contribution in [0.3, 0.4) is 0 Å². The summed E-state index contributed by atoms with van der Waals surface area (Å²) >= 11 is 15.0. The van der Waals surface area contributed by atoms with Crippen LogP contribution in [-0.2, 0) is 4.79 Å². The van der Waals surface area contributed by atoms with Gasteiger partial charge in [-0.2, -0.15) is 5.10 Å². The summed E-state index contributed by atoms with van der Waals surface area (Å²) in [6.07, 6.45) is 1.33. The molecule has 3 aromatic carbocycles. The van der Waals surface area contributed by atoms with Crippen molar-refractivity contribution in [1.82, 2.24) is 10.7 Å². The predicted molar refractivity (Wildman–Crippen MR) is 130 cm³/mol. The highest BCUT2D eigenvalue weighted by molar-refractivity contribution is 9.10. The number of carbonyl (C=O) groups is 3. The van der Waals surface area contributed by atoms with Crippen molar-refractivity contribution in [3.8, 4) is 5.75 Å². The first kappa shape index (κ1) is 24.4. The van der Waals surface area contributed by atoms with Gasteiger partial charge in [-0.1, -0.05) is 45.2 Å². The van der Waals surface area contributed by atoms with Crippen molar-refractivity contribution >= 4 is 63.1 Å². The molecule has 3 rings (SSSR count). The van der Waals surface area contributed by atoms with E-state index in [1.807, 2.05) is 0 Å². The molecule has 10 heteroatoms. The maximum absolute atomic E-state index is 12.4. The number of hydrogen-bond donors (Lipinski definition) is 2. The third-order valence-electron chi connectivity index (χ3n) is 4.14. The Balaban J connectivity index is 1.59. The van der Waals surface area contributed by atoms with E-state index in [1.165, 1.54) is 12.3 Å². The van der Waals surface area contributed by atoms with E-state index in [0.29, 0.717) is 26.7 Å². The molecule has 33 heavy (non-hydrogen) atoms. The minimum Gasteiger partial charge on any atom is -0.422 e. The van der Waals surface area contributed by atoms with Crippen molar-refractivity contribution in [2.75, 3.05) is 6.54 Å². The predicted octanol–water partition coefficient (Wildman–Crippen LogP) is 4.86. The zero-order chi connectivity index (χ0) is 23.8. The Morgan fingerprint density at radius 2 is 1.70 bits per heavy atom. The SMILES string of the molecule is O=C(CNC(=O)c1cccc(Cl)c1)N/N=C\c1cc(Br)ccc1OC(=O)c1ccc(Cl)cc1. The molecule has 0 fully saturated rings. The highest BCUT2D eigenvalue weighted by Gasteiger charge is 2.12. The topological polar surface area (TPSA) is 96.9 Å². The van der Waals surface area contributed by atoms with Crippen molar-refractivity contribution < 1.29 is 19.1 Å². The highest BCUT2D eigenvalue weighted by Crippen LogP contribution is 2.23. The Morgan fingerprint density at radius 1 is 0.939 bits per heavy atom.